The number of aryl methyl sites for hydroxylation is 1. The number of hydrogen-bond donors (Lipinski definition) is 0. The van der Waals surface area contributed by atoms with Crippen LogP contribution in [0, 0.1) is 0 Å². The quantitative estimate of drug-likeness (QED) is 0.816. The van der Waals surface area contributed by atoms with E-state index in [1.165, 1.54) is 18.2 Å². The van der Waals surface area contributed by atoms with Gasteiger partial charge in [0.05, 0.1) is 18.4 Å². The average molecular weight is 300 g/mol. The summed E-state index contributed by atoms with van der Waals surface area (Å²) < 4.78 is 10.2. The largest absolute Gasteiger partial charge is 0.465 e. The number of hydrogen-bond acceptors (Lipinski definition) is 5. The minimum Gasteiger partial charge on any atom is -0.465 e. The Kier molecular flexibility index (Phi) is 3.88. The summed E-state index contributed by atoms with van der Waals surface area (Å²) in [6.45, 7) is 0. The Labute approximate surface area is 129 Å². The van der Waals surface area contributed by atoms with E-state index in [1.54, 1.807) is 0 Å². The van der Waals surface area contributed by atoms with Crippen LogP contribution in [-0.2, 0) is 17.6 Å². The molecule has 0 bridgehead atoms. The standard InChI is InChI=1S/C17H20N2O3/c1-19(2)16-14-10-13(8-9-15(14)18-22-16)11-4-6-12(7-5-11)17(20)21-3/h4-7,13H,8-10H2,1-3H3. The average Bonchev–Trinajstić information content (AvgIpc) is 2.97. The predicted octanol–water partition coefficient (Wildman–Crippen LogP) is 2.80. The zero-order valence-corrected chi connectivity index (χ0v) is 13.1. The van der Waals surface area contributed by atoms with Gasteiger partial charge in [0.25, 0.3) is 0 Å². The van der Waals surface area contributed by atoms with E-state index in [1.807, 2.05) is 43.3 Å². The van der Waals surface area contributed by atoms with Crippen molar-refractivity contribution in [2.45, 2.75) is 25.2 Å². The molecule has 0 aliphatic heterocycles. The fraction of sp³-hybridized carbons (Fsp3) is 0.412. The molecule has 0 saturated carbocycles. The second kappa shape index (κ2) is 5.83. The Morgan fingerprint density at radius 1 is 1.32 bits per heavy atom. The molecule has 1 aliphatic rings. The van der Waals surface area contributed by atoms with Crippen LogP contribution < -0.4 is 4.90 Å². The van der Waals surface area contributed by atoms with E-state index in [9.17, 15) is 4.79 Å². The first-order valence-electron chi connectivity index (χ1n) is 7.43. The van der Waals surface area contributed by atoms with E-state index < -0.39 is 0 Å². The van der Waals surface area contributed by atoms with Gasteiger partial charge in [-0.15, -0.1) is 0 Å². The number of benzene rings is 1. The summed E-state index contributed by atoms with van der Waals surface area (Å²) >= 11 is 0. The Morgan fingerprint density at radius 3 is 2.68 bits per heavy atom. The van der Waals surface area contributed by atoms with Gasteiger partial charge in [-0.3, -0.25) is 0 Å². The molecule has 116 valence electrons. The van der Waals surface area contributed by atoms with Crippen molar-refractivity contribution in [1.82, 2.24) is 5.16 Å². The molecule has 22 heavy (non-hydrogen) atoms. The number of carbonyl (C=O) groups is 1. The van der Waals surface area contributed by atoms with Gasteiger partial charge < -0.3 is 14.2 Å². The summed E-state index contributed by atoms with van der Waals surface area (Å²) in [6, 6.07) is 7.70. The maximum absolute atomic E-state index is 11.5. The molecule has 0 amide bonds. The van der Waals surface area contributed by atoms with Crippen LogP contribution >= 0.6 is 0 Å². The van der Waals surface area contributed by atoms with E-state index in [2.05, 4.69) is 5.16 Å². The lowest BCUT2D eigenvalue weighted by molar-refractivity contribution is 0.0600. The van der Waals surface area contributed by atoms with Crippen LogP contribution in [0.25, 0.3) is 0 Å². The van der Waals surface area contributed by atoms with Crippen LogP contribution in [0.1, 0.15) is 39.5 Å². The van der Waals surface area contributed by atoms with Gasteiger partial charge in [-0.05, 0) is 42.9 Å². The number of carbonyl (C=O) groups excluding carboxylic acids is 1. The third kappa shape index (κ3) is 2.58. The summed E-state index contributed by atoms with van der Waals surface area (Å²) in [4.78, 5) is 13.5. The third-order valence-electron chi connectivity index (χ3n) is 4.24. The van der Waals surface area contributed by atoms with Crippen molar-refractivity contribution < 1.29 is 14.1 Å². The fourth-order valence-corrected chi connectivity index (χ4v) is 3.04. The maximum atomic E-state index is 11.5. The fourth-order valence-electron chi connectivity index (χ4n) is 3.04. The number of fused-ring (bicyclic) bond motifs is 1. The molecule has 0 radical (unpaired) electrons. The van der Waals surface area contributed by atoms with E-state index in [0.29, 0.717) is 11.5 Å². The zero-order chi connectivity index (χ0) is 15.7. The van der Waals surface area contributed by atoms with Gasteiger partial charge in [-0.2, -0.15) is 0 Å². The van der Waals surface area contributed by atoms with Crippen LogP contribution in [-0.4, -0.2) is 32.3 Å². The van der Waals surface area contributed by atoms with Gasteiger partial charge in [0.15, 0.2) is 0 Å². The highest BCUT2D eigenvalue weighted by Gasteiger charge is 2.27. The monoisotopic (exact) mass is 300 g/mol. The van der Waals surface area contributed by atoms with Crippen molar-refractivity contribution >= 4 is 11.9 Å². The van der Waals surface area contributed by atoms with E-state index in [0.717, 1.165) is 30.8 Å². The molecule has 5 heteroatoms. The van der Waals surface area contributed by atoms with Crippen LogP contribution in [0.3, 0.4) is 0 Å². The summed E-state index contributed by atoms with van der Waals surface area (Å²) in [5.41, 5.74) is 4.11. The predicted molar refractivity (Wildman–Crippen MR) is 83.4 cm³/mol. The number of nitrogens with zero attached hydrogens (tertiary/aromatic N) is 2. The summed E-state index contributed by atoms with van der Waals surface area (Å²) in [7, 11) is 5.33. The zero-order valence-electron chi connectivity index (χ0n) is 13.1. The highest BCUT2D eigenvalue weighted by Crippen LogP contribution is 2.36. The van der Waals surface area contributed by atoms with Gasteiger partial charge in [0.1, 0.15) is 0 Å². The van der Waals surface area contributed by atoms with Crippen LogP contribution in [0.4, 0.5) is 5.88 Å². The van der Waals surface area contributed by atoms with Gasteiger partial charge in [-0.25, -0.2) is 4.79 Å². The van der Waals surface area contributed by atoms with E-state index >= 15 is 0 Å². The molecule has 0 saturated heterocycles. The number of methoxy groups -OCH3 is 1. The smallest absolute Gasteiger partial charge is 0.337 e. The minimum absolute atomic E-state index is 0.300. The molecular formula is C17H20N2O3. The molecule has 2 aromatic rings. The Bertz CT molecular complexity index is 674. The third-order valence-corrected chi connectivity index (χ3v) is 4.24. The number of rotatable bonds is 3. The molecule has 1 aromatic carbocycles. The topological polar surface area (TPSA) is 55.6 Å². The van der Waals surface area contributed by atoms with Crippen molar-refractivity contribution in [3.8, 4) is 0 Å². The Morgan fingerprint density at radius 2 is 2.05 bits per heavy atom. The first-order valence-corrected chi connectivity index (χ1v) is 7.43. The van der Waals surface area contributed by atoms with Crippen molar-refractivity contribution in [3.63, 3.8) is 0 Å². The highest BCUT2D eigenvalue weighted by atomic mass is 16.5. The summed E-state index contributed by atoms with van der Waals surface area (Å²) in [5, 5.41) is 4.18. The number of aromatic nitrogens is 1. The van der Waals surface area contributed by atoms with Gasteiger partial charge >= 0.3 is 5.97 Å². The van der Waals surface area contributed by atoms with E-state index in [-0.39, 0.29) is 5.97 Å². The molecule has 1 heterocycles. The molecule has 5 nitrogen and oxygen atoms in total. The summed E-state index contributed by atoms with van der Waals surface area (Å²) in [6.07, 6.45) is 2.89. The maximum Gasteiger partial charge on any atom is 0.337 e. The Hall–Kier alpha value is -2.30. The normalized spacial score (nSPS) is 17.0. The minimum atomic E-state index is -0.300. The van der Waals surface area contributed by atoms with E-state index in [4.69, 9.17) is 9.26 Å². The van der Waals surface area contributed by atoms with Crippen molar-refractivity contribution in [3.05, 3.63) is 46.6 Å². The number of esters is 1. The molecule has 1 unspecified atom stereocenters. The lowest BCUT2D eigenvalue weighted by atomic mass is 9.82. The highest BCUT2D eigenvalue weighted by molar-refractivity contribution is 5.89. The first-order chi connectivity index (χ1) is 10.6. The molecule has 1 aromatic heterocycles. The SMILES string of the molecule is COC(=O)c1ccc(C2CCc3noc(N(C)C)c3C2)cc1. The first kappa shape index (κ1) is 14.6. The summed E-state index contributed by atoms with van der Waals surface area (Å²) in [5.74, 6) is 0.981. The second-order valence-corrected chi connectivity index (χ2v) is 5.86. The van der Waals surface area contributed by atoms with Crippen molar-refractivity contribution in [2.24, 2.45) is 0 Å². The van der Waals surface area contributed by atoms with Crippen molar-refractivity contribution in [2.75, 3.05) is 26.1 Å². The van der Waals surface area contributed by atoms with Crippen LogP contribution in [0.2, 0.25) is 0 Å². The molecule has 1 aliphatic carbocycles. The molecular weight excluding hydrogens is 280 g/mol. The Balaban J connectivity index is 1.82. The van der Waals surface area contributed by atoms with Crippen LogP contribution in [0.5, 0.6) is 0 Å². The lowest BCUT2D eigenvalue weighted by Gasteiger charge is -2.23. The molecule has 0 spiro atoms. The van der Waals surface area contributed by atoms with Gasteiger partial charge in [0.2, 0.25) is 5.88 Å². The molecule has 0 fully saturated rings. The molecule has 1 atom stereocenters. The van der Waals surface area contributed by atoms with Gasteiger partial charge in [-0.1, -0.05) is 17.3 Å². The van der Waals surface area contributed by atoms with Crippen LogP contribution in [0.15, 0.2) is 28.8 Å². The van der Waals surface area contributed by atoms with Gasteiger partial charge in [0, 0.05) is 19.7 Å². The molecule has 0 N–H and O–H groups in total. The lowest BCUT2D eigenvalue weighted by Crippen LogP contribution is -2.16. The molecule has 3 rings (SSSR count). The number of ether oxygens (including phenoxy) is 1. The second-order valence-electron chi connectivity index (χ2n) is 5.86. The van der Waals surface area contributed by atoms with Crippen molar-refractivity contribution in [1.29, 1.82) is 0 Å². The number of anilines is 1.